The Balaban J connectivity index is 2.08. The van der Waals surface area contributed by atoms with Gasteiger partial charge in [-0.3, -0.25) is 9.59 Å². The summed E-state index contributed by atoms with van der Waals surface area (Å²) in [6.45, 7) is 2.26. The van der Waals surface area contributed by atoms with Crippen molar-refractivity contribution in [3.05, 3.63) is 35.4 Å². The van der Waals surface area contributed by atoms with Gasteiger partial charge in [-0.05, 0) is 30.4 Å². The molecule has 0 radical (unpaired) electrons. The number of carbonyl (C=O) groups excluding carboxylic acids is 1. The number of carboxylic acid groups (broad SMARTS) is 1. The normalized spacial score (nSPS) is 21.1. The van der Waals surface area contributed by atoms with Crippen molar-refractivity contribution in [1.82, 2.24) is 4.90 Å². The van der Waals surface area contributed by atoms with E-state index in [0.717, 1.165) is 19.3 Å². The highest BCUT2D eigenvalue weighted by molar-refractivity contribution is 5.83. The fourth-order valence-electron chi connectivity index (χ4n) is 2.90. The van der Waals surface area contributed by atoms with E-state index in [4.69, 9.17) is 5.11 Å². The largest absolute Gasteiger partial charge is 0.481 e. The Labute approximate surface area is 119 Å². The molecular formula is C16H21NO3. The Morgan fingerprint density at radius 1 is 1.30 bits per heavy atom. The fourth-order valence-corrected chi connectivity index (χ4v) is 2.90. The van der Waals surface area contributed by atoms with Crippen molar-refractivity contribution in [3.8, 4) is 0 Å². The van der Waals surface area contributed by atoms with Crippen LogP contribution in [0.25, 0.3) is 0 Å². The van der Waals surface area contributed by atoms with Crippen LogP contribution in [-0.4, -0.2) is 35.5 Å². The van der Waals surface area contributed by atoms with E-state index in [2.05, 4.69) is 12.1 Å². The lowest BCUT2D eigenvalue weighted by atomic mass is 9.72. The number of carbonyl (C=O) groups is 2. The molecule has 4 heteroatoms. The predicted octanol–water partition coefficient (Wildman–Crippen LogP) is 2.11. The van der Waals surface area contributed by atoms with Crippen molar-refractivity contribution in [3.63, 3.8) is 0 Å². The van der Waals surface area contributed by atoms with Crippen molar-refractivity contribution in [1.29, 1.82) is 0 Å². The van der Waals surface area contributed by atoms with Gasteiger partial charge in [-0.1, -0.05) is 31.2 Å². The van der Waals surface area contributed by atoms with Crippen LogP contribution in [0.1, 0.15) is 30.9 Å². The smallest absolute Gasteiger partial charge is 0.305 e. The lowest BCUT2D eigenvalue weighted by Gasteiger charge is -2.36. The molecule has 4 nitrogen and oxygen atoms in total. The average Bonchev–Trinajstić information content (AvgIpc) is 2.43. The third kappa shape index (κ3) is 3.00. The number of aryl methyl sites for hydroxylation is 1. The molecule has 1 atom stereocenters. The quantitative estimate of drug-likeness (QED) is 0.915. The first kappa shape index (κ1) is 14.6. The first-order chi connectivity index (χ1) is 9.42. The van der Waals surface area contributed by atoms with E-state index in [1.807, 2.05) is 19.1 Å². The molecule has 0 aromatic heterocycles. The molecule has 1 aromatic rings. The van der Waals surface area contributed by atoms with E-state index in [1.54, 1.807) is 11.9 Å². The number of nitrogens with zero attached hydrogens (tertiary/aromatic N) is 1. The number of hydrogen-bond acceptors (Lipinski definition) is 2. The molecule has 1 unspecified atom stereocenters. The number of rotatable bonds is 4. The zero-order valence-corrected chi connectivity index (χ0v) is 12.1. The topological polar surface area (TPSA) is 57.6 Å². The molecule has 0 heterocycles. The summed E-state index contributed by atoms with van der Waals surface area (Å²) in [4.78, 5) is 24.7. The van der Waals surface area contributed by atoms with Crippen LogP contribution >= 0.6 is 0 Å². The Kier molecular flexibility index (Phi) is 4.12. The van der Waals surface area contributed by atoms with E-state index in [-0.39, 0.29) is 18.9 Å². The highest BCUT2D eigenvalue weighted by Crippen LogP contribution is 2.36. The molecule has 0 saturated heterocycles. The number of benzene rings is 1. The van der Waals surface area contributed by atoms with E-state index in [9.17, 15) is 9.59 Å². The van der Waals surface area contributed by atoms with Gasteiger partial charge in [0.2, 0.25) is 5.91 Å². The SMILES string of the molecule is CN(CCC(=O)O)C(=O)C1(C)CCc2ccccc2C1. The monoisotopic (exact) mass is 275 g/mol. The molecular weight excluding hydrogens is 254 g/mol. The summed E-state index contributed by atoms with van der Waals surface area (Å²) >= 11 is 0. The summed E-state index contributed by atoms with van der Waals surface area (Å²) in [7, 11) is 1.69. The fraction of sp³-hybridized carbons (Fsp3) is 0.500. The molecule has 20 heavy (non-hydrogen) atoms. The maximum absolute atomic E-state index is 12.6. The van der Waals surface area contributed by atoms with Gasteiger partial charge in [0.1, 0.15) is 0 Å². The van der Waals surface area contributed by atoms with Gasteiger partial charge in [0, 0.05) is 13.6 Å². The summed E-state index contributed by atoms with van der Waals surface area (Å²) in [6, 6.07) is 8.23. The van der Waals surface area contributed by atoms with Gasteiger partial charge in [0.25, 0.3) is 0 Å². The number of hydrogen-bond donors (Lipinski definition) is 1. The summed E-state index contributed by atoms with van der Waals surface area (Å²) in [6.07, 6.45) is 2.46. The molecule has 1 amide bonds. The van der Waals surface area contributed by atoms with E-state index >= 15 is 0 Å². The number of aliphatic carboxylic acids is 1. The van der Waals surface area contributed by atoms with Crippen molar-refractivity contribution in [2.45, 2.75) is 32.6 Å². The van der Waals surface area contributed by atoms with Crippen LogP contribution in [0.15, 0.2) is 24.3 Å². The third-order valence-corrected chi connectivity index (χ3v) is 4.17. The summed E-state index contributed by atoms with van der Waals surface area (Å²) in [5, 5.41) is 8.71. The maximum Gasteiger partial charge on any atom is 0.305 e. The van der Waals surface area contributed by atoms with Crippen molar-refractivity contribution in [2.75, 3.05) is 13.6 Å². The average molecular weight is 275 g/mol. The van der Waals surface area contributed by atoms with Crippen LogP contribution in [0.2, 0.25) is 0 Å². The van der Waals surface area contributed by atoms with E-state index < -0.39 is 11.4 Å². The highest BCUT2D eigenvalue weighted by Gasteiger charge is 2.38. The molecule has 2 rings (SSSR count). The zero-order valence-electron chi connectivity index (χ0n) is 12.1. The molecule has 1 N–H and O–H groups in total. The summed E-state index contributed by atoms with van der Waals surface area (Å²) in [5.74, 6) is -0.822. The summed E-state index contributed by atoms with van der Waals surface area (Å²) in [5.41, 5.74) is 2.15. The Morgan fingerprint density at radius 3 is 2.60 bits per heavy atom. The van der Waals surface area contributed by atoms with Crippen LogP contribution in [0.5, 0.6) is 0 Å². The number of carboxylic acids is 1. The van der Waals surface area contributed by atoms with Crippen molar-refractivity contribution < 1.29 is 14.7 Å². The molecule has 0 aliphatic heterocycles. The highest BCUT2D eigenvalue weighted by atomic mass is 16.4. The van der Waals surface area contributed by atoms with Crippen LogP contribution in [-0.2, 0) is 22.4 Å². The minimum Gasteiger partial charge on any atom is -0.481 e. The third-order valence-electron chi connectivity index (χ3n) is 4.17. The molecule has 1 aliphatic carbocycles. The molecule has 0 spiro atoms. The number of amides is 1. The van der Waals surface area contributed by atoms with E-state index in [0.29, 0.717) is 0 Å². The van der Waals surface area contributed by atoms with Gasteiger partial charge >= 0.3 is 5.97 Å². The predicted molar refractivity (Wildman–Crippen MR) is 76.5 cm³/mol. The van der Waals surface area contributed by atoms with Crippen molar-refractivity contribution >= 4 is 11.9 Å². The first-order valence-electron chi connectivity index (χ1n) is 6.96. The van der Waals surface area contributed by atoms with Crippen LogP contribution in [0.4, 0.5) is 0 Å². The van der Waals surface area contributed by atoms with Gasteiger partial charge < -0.3 is 10.0 Å². The molecule has 1 aromatic carbocycles. The van der Waals surface area contributed by atoms with Gasteiger partial charge in [0.15, 0.2) is 0 Å². The Morgan fingerprint density at radius 2 is 1.95 bits per heavy atom. The Hall–Kier alpha value is -1.84. The standard InChI is InChI=1S/C16H21NO3/c1-16(15(20)17(2)10-8-14(18)19)9-7-12-5-3-4-6-13(12)11-16/h3-6H,7-11H2,1-2H3,(H,18,19). The summed E-state index contributed by atoms with van der Waals surface area (Å²) < 4.78 is 0. The first-order valence-corrected chi connectivity index (χ1v) is 6.96. The van der Waals surface area contributed by atoms with Crippen molar-refractivity contribution in [2.24, 2.45) is 5.41 Å². The second kappa shape index (κ2) is 5.65. The van der Waals surface area contributed by atoms with Gasteiger partial charge in [-0.25, -0.2) is 0 Å². The molecule has 0 saturated carbocycles. The second-order valence-corrected chi connectivity index (χ2v) is 5.88. The number of fused-ring (bicyclic) bond motifs is 1. The second-order valence-electron chi connectivity index (χ2n) is 5.88. The maximum atomic E-state index is 12.6. The zero-order chi connectivity index (χ0) is 14.8. The minimum atomic E-state index is -0.871. The van der Waals surface area contributed by atoms with Crippen LogP contribution in [0.3, 0.4) is 0 Å². The molecule has 1 aliphatic rings. The molecule has 0 fully saturated rings. The van der Waals surface area contributed by atoms with Gasteiger partial charge in [-0.2, -0.15) is 0 Å². The van der Waals surface area contributed by atoms with E-state index in [1.165, 1.54) is 11.1 Å². The van der Waals surface area contributed by atoms with Gasteiger partial charge in [0.05, 0.1) is 11.8 Å². The van der Waals surface area contributed by atoms with Crippen LogP contribution in [0, 0.1) is 5.41 Å². The molecule has 108 valence electrons. The van der Waals surface area contributed by atoms with Gasteiger partial charge in [-0.15, -0.1) is 0 Å². The minimum absolute atomic E-state index is 0.00505. The lowest BCUT2D eigenvalue weighted by Crippen LogP contribution is -2.44. The lowest BCUT2D eigenvalue weighted by molar-refractivity contribution is -0.142. The van der Waals surface area contributed by atoms with Crippen LogP contribution < -0.4 is 0 Å². The molecule has 0 bridgehead atoms. The Bertz CT molecular complexity index is 526.